The van der Waals surface area contributed by atoms with Crippen molar-refractivity contribution in [2.45, 2.75) is 66.2 Å². The third-order valence-electron chi connectivity index (χ3n) is 4.31. The van der Waals surface area contributed by atoms with Gasteiger partial charge in [0.25, 0.3) is 0 Å². The summed E-state index contributed by atoms with van der Waals surface area (Å²) in [7, 11) is 1.33. The number of hydrogen-bond acceptors (Lipinski definition) is 6. The molecule has 1 aromatic carbocycles. The molecule has 0 saturated heterocycles. The van der Waals surface area contributed by atoms with Crippen LogP contribution < -0.4 is 0 Å². The highest BCUT2D eigenvalue weighted by atomic mass is 16.5. The third-order valence-corrected chi connectivity index (χ3v) is 4.31. The first-order valence-electron chi connectivity index (χ1n) is 12.6. The van der Waals surface area contributed by atoms with Gasteiger partial charge < -0.3 is 14.2 Å². The van der Waals surface area contributed by atoms with Crippen LogP contribution in [0.3, 0.4) is 0 Å². The molecule has 0 aliphatic rings. The summed E-state index contributed by atoms with van der Waals surface area (Å²) in [6, 6.07) is 10.0. The molecule has 0 N–H and O–H groups in total. The van der Waals surface area contributed by atoms with Gasteiger partial charge in [0, 0.05) is 17.7 Å². The Morgan fingerprint density at radius 2 is 1.38 bits per heavy atom. The van der Waals surface area contributed by atoms with Crippen molar-refractivity contribution in [1.82, 2.24) is 0 Å². The molecule has 37 heavy (non-hydrogen) atoms. The minimum Gasteiger partial charge on any atom is -0.466 e. The van der Waals surface area contributed by atoms with E-state index < -0.39 is 0 Å². The van der Waals surface area contributed by atoms with E-state index in [1.54, 1.807) is 6.92 Å². The molecular weight excluding hydrogens is 468 g/mol. The molecule has 0 aromatic heterocycles. The first kappa shape index (κ1) is 38.1. The van der Waals surface area contributed by atoms with Crippen molar-refractivity contribution in [3.63, 3.8) is 0 Å². The molecule has 0 bridgehead atoms. The topological polar surface area (TPSA) is 78.9 Å². The summed E-state index contributed by atoms with van der Waals surface area (Å²) in [6.07, 6.45) is 10.8. The van der Waals surface area contributed by atoms with Crippen molar-refractivity contribution in [3.05, 3.63) is 79.9 Å². The summed E-state index contributed by atoms with van der Waals surface area (Å²) in [5.41, 5.74) is 1.61. The Kier molecular flexibility index (Phi) is 29.7. The van der Waals surface area contributed by atoms with E-state index in [-0.39, 0.29) is 17.9 Å². The molecule has 0 unspecified atom stereocenters. The van der Waals surface area contributed by atoms with E-state index in [9.17, 15) is 14.4 Å². The number of benzene rings is 1. The maximum Gasteiger partial charge on any atom is 0.332 e. The largest absolute Gasteiger partial charge is 0.466 e. The van der Waals surface area contributed by atoms with E-state index in [0.717, 1.165) is 31.6 Å². The van der Waals surface area contributed by atoms with Gasteiger partial charge in [-0.15, -0.1) is 0 Å². The van der Waals surface area contributed by atoms with Gasteiger partial charge in [-0.2, -0.15) is 0 Å². The zero-order chi connectivity index (χ0) is 28.9. The fourth-order valence-corrected chi connectivity index (χ4v) is 2.20. The Hall–Kier alpha value is -3.41. The van der Waals surface area contributed by atoms with E-state index in [1.807, 2.05) is 43.3 Å². The van der Waals surface area contributed by atoms with Gasteiger partial charge in [-0.1, -0.05) is 109 Å². The van der Waals surface area contributed by atoms with Crippen LogP contribution in [0, 0.1) is 5.92 Å². The van der Waals surface area contributed by atoms with Gasteiger partial charge >= 0.3 is 17.9 Å². The van der Waals surface area contributed by atoms with Crippen LogP contribution in [-0.4, -0.2) is 38.2 Å². The lowest BCUT2D eigenvalue weighted by Crippen LogP contribution is -2.01. The summed E-state index contributed by atoms with van der Waals surface area (Å²) in [6.45, 7) is 22.7. The normalized spacial score (nSPS) is 8.92. The number of rotatable bonds is 13. The molecule has 208 valence electrons. The minimum absolute atomic E-state index is 0.316. The highest BCUT2D eigenvalue weighted by Gasteiger charge is 1.97. The number of esters is 3. The average molecular weight is 517 g/mol. The Balaban J connectivity index is -0.000000429. The van der Waals surface area contributed by atoms with Crippen LogP contribution in [0.25, 0.3) is 6.08 Å². The summed E-state index contributed by atoms with van der Waals surface area (Å²) in [5, 5.41) is 0. The maximum absolute atomic E-state index is 10.6. The van der Waals surface area contributed by atoms with Crippen LogP contribution in [0.4, 0.5) is 0 Å². The summed E-state index contributed by atoms with van der Waals surface area (Å²) in [4.78, 5) is 31.1. The quantitative estimate of drug-likeness (QED) is 0.117. The highest BCUT2D eigenvalue weighted by Crippen LogP contribution is 2.07. The lowest BCUT2D eigenvalue weighted by molar-refractivity contribution is -0.138. The molecule has 1 aromatic rings. The lowest BCUT2D eigenvalue weighted by Gasteiger charge is -2.04. The molecule has 0 amide bonds. The number of hydrogen-bond donors (Lipinski definition) is 0. The number of unbranched alkanes of at least 4 members (excludes halogenated alkanes) is 3. The van der Waals surface area contributed by atoms with Gasteiger partial charge in [0.15, 0.2) is 0 Å². The number of ether oxygens (including phenoxy) is 3. The van der Waals surface area contributed by atoms with Crippen LogP contribution >= 0.6 is 0 Å². The molecule has 0 aliphatic carbocycles. The number of carbonyl (C=O) groups is 3. The number of methoxy groups -OCH3 is 1. The first-order chi connectivity index (χ1) is 17.6. The molecule has 0 fully saturated rings. The summed E-state index contributed by atoms with van der Waals surface area (Å²) in [5.74, 6) is -0.219. The minimum atomic E-state index is -0.347. The van der Waals surface area contributed by atoms with Gasteiger partial charge in [0.2, 0.25) is 0 Å². The van der Waals surface area contributed by atoms with Crippen LogP contribution in [0.1, 0.15) is 71.8 Å². The van der Waals surface area contributed by atoms with Crippen LogP contribution in [0.5, 0.6) is 0 Å². The molecule has 0 spiro atoms. The van der Waals surface area contributed by atoms with E-state index in [4.69, 9.17) is 4.74 Å². The smallest absolute Gasteiger partial charge is 0.332 e. The SMILES string of the molecule is C=C(C)C(=O)OC.C=CC(=O)OCCCC.C=CC(=O)OCCCCCC(C)C.C=Cc1ccccc1. The predicted octanol–water partition coefficient (Wildman–Crippen LogP) is 7.51. The second-order valence-electron chi connectivity index (χ2n) is 8.23. The van der Waals surface area contributed by atoms with Crippen LogP contribution in [0.15, 0.2) is 74.4 Å². The van der Waals surface area contributed by atoms with Gasteiger partial charge in [-0.25, -0.2) is 14.4 Å². The van der Waals surface area contributed by atoms with Crippen molar-refractivity contribution < 1.29 is 28.6 Å². The zero-order valence-electron chi connectivity index (χ0n) is 23.6. The first-order valence-corrected chi connectivity index (χ1v) is 12.6. The Morgan fingerprint density at radius 1 is 0.865 bits per heavy atom. The molecule has 0 aliphatic heterocycles. The molecule has 6 nitrogen and oxygen atoms in total. The second-order valence-corrected chi connectivity index (χ2v) is 8.23. The average Bonchev–Trinajstić information content (AvgIpc) is 2.91. The molecule has 0 saturated carbocycles. The third kappa shape index (κ3) is 32.6. The van der Waals surface area contributed by atoms with Crippen molar-refractivity contribution in [2.24, 2.45) is 5.92 Å². The molecule has 0 radical (unpaired) electrons. The monoisotopic (exact) mass is 516 g/mol. The maximum atomic E-state index is 10.6. The van der Waals surface area contributed by atoms with Gasteiger partial charge in [0.05, 0.1) is 20.3 Å². The Labute approximate surface area is 225 Å². The van der Waals surface area contributed by atoms with Crippen molar-refractivity contribution in [1.29, 1.82) is 0 Å². The predicted molar refractivity (Wildman–Crippen MR) is 154 cm³/mol. The Morgan fingerprint density at radius 3 is 1.70 bits per heavy atom. The molecule has 6 heteroatoms. The standard InChI is InChI=1S/C11H20O2.C8H8.C7H12O2.C5H8O2/c1-4-11(12)13-9-7-5-6-8-10(2)3;1-2-8-6-4-3-5-7-8;1-3-5-6-9-7(8)4-2;1-4(2)5(6)7-3/h4,10H,1,5-9H2,2-3H3;2-7H,1H2;4H,2-3,5-6H2,1H3;1H2,2-3H3. The van der Waals surface area contributed by atoms with Crippen molar-refractivity contribution in [2.75, 3.05) is 20.3 Å². The fourth-order valence-electron chi connectivity index (χ4n) is 2.20. The van der Waals surface area contributed by atoms with Crippen molar-refractivity contribution >= 4 is 24.0 Å². The molecule has 1 rings (SSSR count). The lowest BCUT2D eigenvalue weighted by atomic mass is 10.1. The van der Waals surface area contributed by atoms with E-state index in [2.05, 4.69) is 49.6 Å². The second kappa shape index (κ2) is 28.8. The van der Waals surface area contributed by atoms with Crippen molar-refractivity contribution in [3.8, 4) is 0 Å². The van der Waals surface area contributed by atoms with Crippen LogP contribution in [0.2, 0.25) is 0 Å². The molecule has 0 atom stereocenters. The molecular formula is C31H48O6. The van der Waals surface area contributed by atoms with Gasteiger partial charge in [0.1, 0.15) is 0 Å². The zero-order valence-corrected chi connectivity index (χ0v) is 23.6. The summed E-state index contributed by atoms with van der Waals surface area (Å²) < 4.78 is 13.8. The molecule has 0 heterocycles. The highest BCUT2D eigenvalue weighted by molar-refractivity contribution is 5.86. The fraction of sp³-hybridized carbons (Fsp3) is 0.452. The van der Waals surface area contributed by atoms with E-state index in [0.29, 0.717) is 18.8 Å². The van der Waals surface area contributed by atoms with Gasteiger partial charge in [-0.05, 0) is 31.2 Å². The number of carbonyl (C=O) groups excluding carboxylic acids is 3. The van der Waals surface area contributed by atoms with E-state index in [1.165, 1.54) is 37.7 Å². The van der Waals surface area contributed by atoms with Gasteiger partial charge in [-0.3, -0.25) is 0 Å². The summed E-state index contributed by atoms with van der Waals surface area (Å²) >= 11 is 0. The van der Waals surface area contributed by atoms with Crippen LogP contribution in [-0.2, 0) is 28.6 Å². The Bertz CT molecular complexity index is 765. The van der Waals surface area contributed by atoms with E-state index >= 15 is 0 Å².